The maximum absolute atomic E-state index is 12.8. The summed E-state index contributed by atoms with van der Waals surface area (Å²) in [5.74, 6) is -0.178. The van der Waals surface area contributed by atoms with Gasteiger partial charge in [-0.05, 0) is 49.7 Å². The summed E-state index contributed by atoms with van der Waals surface area (Å²) >= 11 is 2.70. The molecule has 128 valence electrons. The van der Waals surface area contributed by atoms with Crippen LogP contribution in [-0.4, -0.2) is 24.2 Å². The molecule has 0 saturated heterocycles. The smallest absolute Gasteiger partial charge is 0.348 e. The van der Waals surface area contributed by atoms with Crippen LogP contribution in [0.1, 0.15) is 28.6 Å². The van der Waals surface area contributed by atoms with Crippen LogP contribution in [0.5, 0.6) is 0 Å². The Morgan fingerprint density at radius 2 is 2.00 bits per heavy atom. The Balaban J connectivity index is 1.83. The van der Waals surface area contributed by atoms with Crippen molar-refractivity contribution in [3.63, 3.8) is 0 Å². The van der Waals surface area contributed by atoms with Gasteiger partial charge in [0, 0.05) is 17.1 Å². The third-order valence-electron chi connectivity index (χ3n) is 3.05. The third kappa shape index (κ3) is 5.35. The van der Waals surface area contributed by atoms with Gasteiger partial charge in [0.15, 0.2) is 0 Å². The molecule has 0 aliphatic carbocycles. The Hall–Kier alpha value is -1.86. The number of thioether (sulfide) groups is 1. The van der Waals surface area contributed by atoms with E-state index in [-0.39, 0.29) is 17.7 Å². The van der Waals surface area contributed by atoms with E-state index >= 15 is 0 Å². The predicted octanol–water partition coefficient (Wildman–Crippen LogP) is 4.49. The zero-order valence-corrected chi connectivity index (χ0v) is 15.1. The van der Waals surface area contributed by atoms with Gasteiger partial charge in [0.25, 0.3) is 0 Å². The number of rotatable bonds is 7. The number of benzene rings is 1. The van der Waals surface area contributed by atoms with Gasteiger partial charge in [0.1, 0.15) is 10.7 Å². The normalized spacial score (nSPS) is 10.5. The molecule has 24 heavy (non-hydrogen) atoms. The number of carbonyl (C=O) groups excluding carboxylic acids is 2. The Morgan fingerprint density at radius 3 is 2.67 bits per heavy atom. The van der Waals surface area contributed by atoms with Crippen LogP contribution < -0.4 is 5.32 Å². The number of esters is 1. The van der Waals surface area contributed by atoms with Crippen LogP contribution in [0.15, 0.2) is 35.2 Å². The van der Waals surface area contributed by atoms with Gasteiger partial charge in [-0.2, -0.15) is 0 Å². The number of ether oxygens (including phenoxy) is 1. The summed E-state index contributed by atoms with van der Waals surface area (Å²) in [6.45, 7) is 3.88. The van der Waals surface area contributed by atoms with Crippen LogP contribution in [0.4, 0.5) is 9.39 Å². The van der Waals surface area contributed by atoms with Gasteiger partial charge in [-0.15, -0.1) is 23.1 Å². The van der Waals surface area contributed by atoms with Crippen molar-refractivity contribution in [1.29, 1.82) is 0 Å². The first-order valence-electron chi connectivity index (χ1n) is 7.45. The maximum atomic E-state index is 12.8. The largest absolute Gasteiger partial charge is 0.462 e. The minimum atomic E-state index is -0.368. The lowest BCUT2D eigenvalue weighted by molar-refractivity contribution is -0.115. The molecule has 0 fully saturated rings. The SMILES string of the molecule is CCOC(=O)c1sc(NC(=O)CCSc2ccc(F)cc2)cc1C. The van der Waals surface area contributed by atoms with E-state index in [1.807, 2.05) is 6.92 Å². The lowest BCUT2D eigenvalue weighted by Crippen LogP contribution is -2.11. The number of hydrogen-bond donors (Lipinski definition) is 1. The van der Waals surface area contributed by atoms with E-state index in [4.69, 9.17) is 4.74 Å². The first-order valence-corrected chi connectivity index (χ1v) is 9.25. The second-order valence-corrected chi connectivity index (χ2v) is 7.16. The number of thiophene rings is 1. The van der Waals surface area contributed by atoms with Gasteiger partial charge in [0.2, 0.25) is 5.91 Å². The molecule has 7 heteroatoms. The summed E-state index contributed by atoms with van der Waals surface area (Å²) in [6, 6.07) is 7.93. The van der Waals surface area contributed by atoms with Crippen molar-refractivity contribution in [3.05, 3.63) is 46.6 Å². The number of halogens is 1. The molecule has 0 unspecified atom stereocenters. The molecule has 1 aromatic heterocycles. The molecule has 4 nitrogen and oxygen atoms in total. The second kappa shape index (κ2) is 8.84. The van der Waals surface area contributed by atoms with Crippen LogP contribution in [0.3, 0.4) is 0 Å². The average Bonchev–Trinajstić information content (AvgIpc) is 2.90. The molecule has 2 rings (SSSR count). The lowest BCUT2D eigenvalue weighted by Gasteiger charge is -2.03. The van der Waals surface area contributed by atoms with Crippen molar-refractivity contribution in [2.45, 2.75) is 25.2 Å². The minimum Gasteiger partial charge on any atom is -0.462 e. The van der Waals surface area contributed by atoms with Crippen LogP contribution in [0.2, 0.25) is 0 Å². The average molecular weight is 367 g/mol. The Kier molecular flexibility index (Phi) is 6.81. The highest BCUT2D eigenvalue weighted by Crippen LogP contribution is 2.27. The van der Waals surface area contributed by atoms with Gasteiger partial charge in [-0.1, -0.05) is 0 Å². The molecule has 1 amide bonds. The fourth-order valence-electron chi connectivity index (χ4n) is 1.94. The number of aryl methyl sites for hydroxylation is 1. The van der Waals surface area contributed by atoms with Crippen molar-refractivity contribution < 1.29 is 18.7 Å². The van der Waals surface area contributed by atoms with Crippen molar-refractivity contribution in [3.8, 4) is 0 Å². The summed E-state index contributed by atoms with van der Waals surface area (Å²) in [5, 5.41) is 3.43. The molecule has 0 aliphatic heterocycles. The highest BCUT2D eigenvalue weighted by Gasteiger charge is 2.15. The minimum absolute atomic E-state index is 0.124. The molecule has 0 spiro atoms. The number of nitrogens with one attached hydrogen (secondary N) is 1. The topological polar surface area (TPSA) is 55.4 Å². The third-order valence-corrected chi connectivity index (χ3v) is 5.20. The molecule has 0 radical (unpaired) electrons. The quantitative estimate of drug-likeness (QED) is 0.578. The van der Waals surface area contributed by atoms with E-state index < -0.39 is 0 Å². The molecule has 2 aromatic rings. The molecule has 1 aromatic carbocycles. The zero-order chi connectivity index (χ0) is 17.5. The summed E-state index contributed by atoms with van der Waals surface area (Å²) < 4.78 is 17.8. The number of hydrogen-bond acceptors (Lipinski definition) is 5. The zero-order valence-electron chi connectivity index (χ0n) is 13.4. The standard InChI is InChI=1S/C17H18FNO3S2/c1-3-22-17(21)16-11(2)10-15(24-16)19-14(20)8-9-23-13-6-4-12(18)5-7-13/h4-7,10H,3,8-9H2,1-2H3,(H,19,20). The van der Waals surface area contributed by atoms with E-state index in [0.717, 1.165) is 10.5 Å². The second-order valence-electron chi connectivity index (χ2n) is 4.94. The fourth-order valence-corrected chi connectivity index (χ4v) is 3.77. The molecule has 0 saturated carbocycles. The number of carbonyl (C=O) groups is 2. The van der Waals surface area contributed by atoms with Crippen molar-refractivity contribution >= 4 is 40.0 Å². The van der Waals surface area contributed by atoms with Gasteiger partial charge in [-0.3, -0.25) is 4.79 Å². The molecule has 1 N–H and O–H groups in total. The van der Waals surface area contributed by atoms with Crippen LogP contribution in [0, 0.1) is 12.7 Å². The van der Waals surface area contributed by atoms with Gasteiger partial charge < -0.3 is 10.1 Å². The summed E-state index contributed by atoms with van der Waals surface area (Å²) in [7, 11) is 0. The molecular weight excluding hydrogens is 349 g/mol. The summed E-state index contributed by atoms with van der Waals surface area (Å²) in [6.07, 6.45) is 0.327. The fraction of sp³-hybridized carbons (Fsp3) is 0.294. The molecule has 0 bridgehead atoms. The number of anilines is 1. The van der Waals surface area contributed by atoms with Crippen molar-refractivity contribution in [2.24, 2.45) is 0 Å². The Bertz CT molecular complexity index is 713. The van der Waals surface area contributed by atoms with Crippen LogP contribution in [0.25, 0.3) is 0 Å². The monoisotopic (exact) mass is 367 g/mol. The van der Waals surface area contributed by atoms with Crippen molar-refractivity contribution in [1.82, 2.24) is 0 Å². The highest BCUT2D eigenvalue weighted by molar-refractivity contribution is 7.99. The summed E-state index contributed by atoms with van der Waals surface area (Å²) in [5.41, 5.74) is 0.787. The number of amides is 1. The molecule has 0 atom stereocenters. The maximum Gasteiger partial charge on any atom is 0.348 e. The van der Waals surface area contributed by atoms with E-state index in [1.54, 1.807) is 25.1 Å². The predicted molar refractivity (Wildman–Crippen MR) is 95.4 cm³/mol. The van der Waals surface area contributed by atoms with Gasteiger partial charge >= 0.3 is 5.97 Å². The van der Waals surface area contributed by atoms with E-state index in [9.17, 15) is 14.0 Å². The highest BCUT2D eigenvalue weighted by atomic mass is 32.2. The molecular formula is C17H18FNO3S2. The first-order chi connectivity index (χ1) is 11.5. The summed E-state index contributed by atoms with van der Waals surface area (Å²) in [4.78, 5) is 25.2. The first kappa shape index (κ1) is 18.5. The Morgan fingerprint density at radius 1 is 1.29 bits per heavy atom. The van der Waals surface area contributed by atoms with E-state index in [2.05, 4.69) is 5.32 Å². The lowest BCUT2D eigenvalue weighted by atomic mass is 10.3. The van der Waals surface area contributed by atoms with Crippen molar-refractivity contribution in [2.75, 3.05) is 17.7 Å². The van der Waals surface area contributed by atoms with E-state index in [1.165, 1.54) is 35.2 Å². The van der Waals surface area contributed by atoms with Gasteiger partial charge in [-0.25, -0.2) is 9.18 Å². The molecule has 0 aliphatic rings. The van der Waals surface area contributed by atoms with Crippen LogP contribution >= 0.6 is 23.1 Å². The van der Waals surface area contributed by atoms with Crippen LogP contribution in [-0.2, 0) is 9.53 Å². The van der Waals surface area contributed by atoms with E-state index in [0.29, 0.717) is 28.7 Å². The Labute approximate surface area is 148 Å². The molecule has 1 heterocycles. The van der Waals surface area contributed by atoms with Gasteiger partial charge in [0.05, 0.1) is 11.6 Å².